The molecule has 1 aliphatic rings. The maximum Gasteiger partial charge on any atom is 0.323 e. The SMILES string of the molecule is COCc1csc(NC(=O)N(C)[C@@H](C)C2CCCCC2)n1. The Bertz CT molecular complexity index is 458. The third kappa shape index (κ3) is 4.41. The largest absolute Gasteiger partial charge is 0.378 e. The smallest absolute Gasteiger partial charge is 0.323 e. The van der Waals surface area contributed by atoms with Gasteiger partial charge < -0.3 is 9.64 Å². The number of thiazole rings is 1. The lowest BCUT2D eigenvalue weighted by Crippen LogP contribution is -2.42. The first-order valence-corrected chi connectivity index (χ1v) is 8.47. The molecule has 1 atom stereocenters. The maximum atomic E-state index is 12.3. The van der Waals surface area contributed by atoms with Gasteiger partial charge in [0.1, 0.15) is 0 Å². The molecule has 6 heteroatoms. The highest BCUT2D eigenvalue weighted by Gasteiger charge is 2.26. The van der Waals surface area contributed by atoms with Gasteiger partial charge in [-0.3, -0.25) is 5.32 Å². The van der Waals surface area contributed by atoms with E-state index < -0.39 is 0 Å². The molecule has 0 bridgehead atoms. The van der Waals surface area contributed by atoms with Gasteiger partial charge in [0.25, 0.3) is 0 Å². The van der Waals surface area contributed by atoms with Gasteiger partial charge in [0, 0.05) is 25.6 Å². The molecule has 5 nitrogen and oxygen atoms in total. The fraction of sp³-hybridized carbons (Fsp3) is 0.733. The van der Waals surface area contributed by atoms with Crippen molar-refractivity contribution in [3.63, 3.8) is 0 Å². The number of aromatic nitrogens is 1. The molecule has 1 heterocycles. The topological polar surface area (TPSA) is 54.5 Å². The number of hydrogen-bond donors (Lipinski definition) is 1. The molecule has 1 saturated carbocycles. The number of nitrogens with one attached hydrogen (secondary N) is 1. The minimum Gasteiger partial charge on any atom is -0.378 e. The first-order chi connectivity index (χ1) is 10.1. The quantitative estimate of drug-likeness (QED) is 0.901. The second-order valence-corrected chi connectivity index (χ2v) is 6.61. The van der Waals surface area contributed by atoms with E-state index >= 15 is 0 Å². The number of carbonyl (C=O) groups excluding carboxylic acids is 1. The third-order valence-corrected chi connectivity index (χ3v) is 5.13. The molecule has 1 aromatic heterocycles. The van der Waals surface area contributed by atoms with Crippen molar-refractivity contribution in [3.05, 3.63) is 11.1 Å². The summed E-state index contributed by atoms with van der Waals surface area (Å²) in [5, 5.41) is 5.42. The Hall–Kier alpha value is -1.14. The van der Waals surface area contributed by atoms with Gasteiger partial charge in [-0.2, -0.15) is 0 Å². The van der Waals surface area contributed by atoms with E-state index in [1.807, 2.05) is 17.3 Å². The summed E-state index contributed by atoms with van der Waals surface area (Å²) in [6, 6.07) is 0.190. The van der Waals surface area contributed by atoms with Crippen molar-refractivity contribution in [2.75, 3.05) is 19.5 Å². The van der Waals surface area contributed by atoms with Crippen molar-refractivity contribution >= 4 is 22.5 Å². The van der Waals surface area contributed by atoms with Gasteiger partial charge in [-0.25, -0.2) is 9.78 Å². The van der Waals surface area contributed by atoms with Crippen LogP contribution in [0.5, 0.6) is 0 Å². The van der Waals surface area contributed by atoms with E-state index in [2.05, 4.69) is 17.2 Å². The maximum absolute atomic E-state index is 12.3. The molecule has 2 rings (SSSR count). The van der Waals surface area contributed by atoms with Gasteiger partial charge in [0.2, 0.25) is 0 Å². The summed E-state index contributed by atoms with van der Waals surface area (Å²) in [7, 11) is 3.51. The summed E-state index contributed by atoms with van der Waals surface area (Å²) in [5.41, 5.74) is 0.848. The number of methoxy groups -OCH3 is 1. The average molecular weight is 311 g/mol. The van der Waals surface area contributed by atoms with Crippen molar-refractivity contribution in [1.29, 1.82) is 0 Å². The lowest BCUT2D eigenvalue weighted by molar-refractivity contribution is 0.167. The number of nitrogens with zero attached hydrogens (tertiary/aromatic N) is 2. The van der Waals surface area contributed by atoms with Crippen molar-refractivity contribution in [2.45, 2.75) is 51.7 Å². The number of urea groups is 1. The molecule has 1 aromatic rings. The Balaban J connectivity index is 1.88. The fourth-order valence-corrected chi connectivity index (χ4v) is 3.56. The third-order valence-electron chi connectivity index (χ3n) is 4.32. The predicted molar refractivity (Wildman–Crippen MR) is 85.6 cm³/mol. The summed E-state index contributed by atoms with van der Waals surface area (Å²) in [4.78, 5) is 18.5. The minimum atomic E-state index is -0.0774. The summed E-state index contributed by atoms with van der Waals surface area (Å²) < 4.78 is 5.03. The van der Waals surface area contributed by atoms with Crippen LogP contribution in [0, 0.1) is 5.92 Å². The molecule has 0 spiro atoms. The van der Waals surface area contributed by atoms with E-state index in [0.29, 0.717) is 17.7 Å². The molecule has 0 unspecified atom stereocenters. The molecule has 1 fully saturated rings. The van der Waals surface area contributed by atoms with Crippen LogP contribution < -0.4 is 5.32 Å². The van der Waals surface area contributed by atoms with Crippen LogP contribution in [0.2, 0.25) is 0 Å². The Morgan fingerprint density at radius 3 is 2.90 bits per heavy atom. The highest BCUT2D eigenvalue weighted by atomic mass is 32.1. The monoisotopic (exact) mass is 311 g/mol. The van der Waals surface area contributed by atoms with E-state index in [4.69, 9.17) is 4.74 Å². The summed E-state index contributed by atoms with van der Waals surface area (Å²) >= 11 is 1.43. The van der Waals surface area contributed by atoms with Crippen LogP contribution in [0.15, 0.2) is 5.38 Å². The molecule has 0 radical (unpaired) electrons. The number of rotatable bonds is 5. The minimum absolute atomic E-state index is 0.0774. The van der Waals surface area contributed by atoms with Crippen molar-refractivity contribution < 1.29 is 9.53 Å². The van der Waals surface area contributed by atoms with Crippen LogP contribution in [0.4, 0.5) is 9.93 Å². The molecule has 1 aliphatic carbocycles. The molecule has 0 saturated heterocycles. The van der Waals surface area contributed by atoms with Gasteiger partial charge in [0.05, 0.1) is 12.3 Å². The van der Waals surface area contributed by atoms with Gasteiger partial charge in [-0.05, 0) is 25.7 Å². The number of anilines is 1. The van der Waals surface area contributed by atoms with Crippen LogP contribution in [-0.4, -0.2) is 36.1 Å². The Morgan fingerprint density at radius 2 is 2.24 bits per heavy atom. The first-order valence-electron chi connectivity index (χ1n) is 7.59. The van der Waals surface area contributed by atoms with E-state index in [1.165, 1.54) is 43.4 Å². The van der Waals surface area contributed by atoms with Gasteiger partial charge >= 0.3 is 6.03 Å². The highest BCUT2D eigenvalue weighted by molar-refractivity contribution is 7.13. The Labute approximate surface area is 130 Å². The number of hydrogen-bond acceptors (Lipinski definition) is 4. The molecule has 1 N–H and O–H groups in total. The molecule has 0 aliphatic heterocycles. The average Bonchev–Trinajstić information content (AvgIpc) is 2.94. The molecule has 0 aromatic carbocycles. The standard InChI is InChI=1S/C15H25N3O2S/c1-11(12-7-5-4-6-8-12)18(2)15(19)17-14-16-13(9-20-3)10-21-14/h10-12H,4-9H2,1-3H3,(H,16,17,19)/t11-/m0/s1. The van der Waals surface area contributed by atoms with Gasteiger partial charge in [-0.15, -0.1) is 11.3 Å². The van der Waals surface area contributed by atoms with E-state index in [-0.39, 0.29) is 12.1 Å². The lowest BCUT2D eigenvalue weighted by atomic mass is 9.84. The van der Waals surface area contributed by atoms with E-state index in [1.54, 1.807) is 7.11 Å². The molecular formula is C15H25N3O2S. The predicted octanol–water partition coefficient (Wildman–Crippen LogP) is 3.72. The molecule has 2 amide bonds. The zero-order valence-electron chi connectivity index (χ0n) is 13.1. The second-order valence-electron chi connectivity index (χ2n) is 5.76. The zero-order chi connectivity index (χ0) is 15.2. The molecule has 21 heavy (non-hydrogen) atoms. The lowest BCUT2D eigenvalue weighted by Gasteiger charge is -2.34. The summed E-state index contributed by atoms with van der Waals surface area (Å²) in [6.07, 6.45) is 6.37. The van der Waals surface area contributed by atoms with Crippen LogP contribution in [-0.2, 0) is 11.3 Å². The highest BCUT2D eigenvalue weighted by Crippen LogP contribution is 2.28. The van der Waals surface area contributed by atoms with E-state index in [0.717, 1.165) is 5.69 Å². The number of amides is 2. The van der Waals surface area contributed by atoms with Gasteiger partial charge in [-0.1, -0.05) is 19.3 Å². The summed E-state index contributed by atoms with van der Waals surface area (Å²) in [6.45, 7) is 2.62. The molecule has 118 valence electrons. The van der Waals surface area contributed by atoms with Crippen molar-refractivity contribution in [3.8, 4) is 0 Å². The Kier molecular flexibility index (Phi) is 5.99. The van der Waals surface area contributed by atoms with Crippen LogP contribution in [0.25, 0.3) is 0 Å². The first kappa shape index (κ1) is 16.2. The fourth-order valence-electron chi connectivity index (χ4n) is 2.88. The van der Waals surface area contributed by atoms with Crippen molar-refractivity contribution in [2.24, 2.45) is 5.92 Å². The van der Waals surface area contributed by atoms with E-state index in [9.17, 15) is 4.79 Å². The van der Waals surface area contributed by atoms with Crippen LogP contribution in [0.1, 0.15) is 44.7 Å². The molecular weight excluding hydrogens is 286 g/mol. The van der Waals surface area contributed by atoms with Gasteiger partial charge in [0.15, 0.2) is 5.13 Å². The zero-order valence-corrected chi connectivity index (χ0v) is 13.9. The van der Waals surface area contributed by atoms with Crippen LogP contribution >= 0.6 is 11.3 Å². The van der Waals surface area contributed by atoms with Crippen LogP contribution in [0.3, 0.4) is 0 Å². The Morgan fingerprint density at radius 1 is 1.52 bits per heavy atom. The second kappa shape index (κ2) is 7.75. The summed E-state index contributed by atoms with van der Waals surface area (Å²) in [5.74, 6) is 0.620. The normalized spacial score (nSPS) is 17.5. The van der Waals surface area contributed by atoms with Crippen molar-refractivity contribution in [1.82, 2.24) is 9.88 Å². The number of carbonyl (C=O) groups is 1. The number of ether oxygens (including phenoxy) is 1.